The summed E-state index contributed by atoms with van der Waals surface area (Å²) in [7, 11) is 0. The van der Waals surface area contributed by atoms with Crippen LogP contribution in [-0.2, 0) is 20.7 Å². The molecule has 3 aromatic rings. The maximum Gasteiger partial charge on any atom is 0.407 e. The molecule has 0 aliphatic heterocycles. The van der Waals surface area contributed by atoms with Gasteiger partial charge in [-0.15, -0.1) is 0 Å². The molecule has 3 N–H and O–H groups in total. The highest BCUT2D eigenvalue weighted by atomic mass is 16.5. The molecule has 2 amide bonds. The summed E-state index contributed by atoms with van der Waals surface area (Å²) in [5, 5.41) is 14.3. The fraction of sp³-hybridized carbons (Fsp3) is 0.250. The minimum Gasteiger partial charge on any atom is -0.481 e. The fourth-order valence-electron chi connectivity index (χ4n) is 4.30. The van der Waals surface area contributed by atoms with Crippen LogP contribution in [0.3, 0.4) is 0 Å². The number of carboxylic acids is 1. The molecule has 1 aliphatic carbocycles. The number of ether oxygens (including phenoxy) is 1. The summed E-state index contributed by atoms with van der Waals surface area (Å²) < 4.78 is 5.52. The minimum atomic E-state index is -0.868. The molecule has 0 aromatic heterocycles. The van der Waals surface area contributed by atoms with Crippen LogP contribution >= 0.6 is 0 Å². The Bertz CT molecular complexity index is 1190. The molecule has 35 heavy (non-hydrogen) atoms. The van der Waals surface area contributed by atoms with Crippen LogP contribution in [0.1, 0.15) is 36.0 Å². The van der Waals surface area contributed by atoms with Crippen LogP contribution in [0.5, 0.6) is 0 Å². The van der Waals surface area contributed by atoms with Crippen LogP contribution in [0, 0.1) is 5.92 Å². The number of benzene rings is 3. The lowest BCUT2D eigenvalue weighted by molar-refractivity contribution is -0.137. The summed E-state index contributed by atoms with van der Waals surface area (Å²) in [6, 6.07) is 23.4. The number of alkyl carbamates (subject to hydrolysis) is 1. The number of carbonyl (C=O) groups is 3. The summed E-state index contributed by atoms with van der Waals surface area (Å²) in [5.41, 5.74) is 6.02. The minimum absolute atomic E-state index is 0.0257. The van der Waals surface area contributed by atoms with E-state index in [9.17, 15) is 14.4 Å². The monoisotopic (exact) mass is 472 g/mol. The molecule has 1 unspecified atom stereocenters. The number of fused-ring (bicyclic) bond motifs is 3. The molecular formula is C28H28N2O5. The van der Waals surface area contributed by atoms with Gasteiger partial charge in [-0.25, -0.2) is 4.79 Å². The van der Waals surface area contributed by atoms with Crippen LogP contribution in [0.4, 0.5) is 10.5 Å². The highest BCUT2D eigenvalue weighted by molar-refractivity contribution is 5.92. The Kier molecular flexibility index (Phi) is 7.45. The number of nitrogens with one attached hydrogen (secondary N) is 2. The van der Waals surface area contributed by atoms with E-state index in [4.69, 9.17) is 9.84 Å². The molecule has 0 bridgehead atoms. The Labute approximate surface area is 204 Å². The SMILES string of the molecule is CC(CNC(=O)OCC1c2ccccc2-c2ccccc21)C(=O)Nc1cccc(CCC(=O)O)c1. The standard InChI is InChI=1S/C28H28N2O5/c1-18(27(33)30-20-8-6-7-19(15-20)13-14-26(31)32)16-29-28(34)35-17-25-23-11-4-2-9-21(23)22-10-3-5-12-24(22)25/h2-12,15,18,25H,13-14,16-17H2,1H3,(H,29,34)(H,30,33)(H,31,32). The Morgan fingerprint density at radius 1 is 0.943 bits per heavy atom. The largest absolute Gasteiger partial charge is 0.481 e. The van der Waals surface area contributed by atoms with Crippen molar-refractivity contribution in [1.82, 2.24) is 5.32 Å². The number of amides is 2. The predicted octanol–water partition coefficient (Wildman–Crippen LogP) is 4.82. The van der Waals surface area contributed by atoms with E-state index in [2.05, 4.69) is 34.9 Å². The van der Waals surface area contributed by atoms with Gasteiger partial charge in [-0.05, 0) is 46.4 Å². The Morgan fingerprint density at radius 2 is 1.60 bits per heavy atom. The topological polar surface area (TPSA) is 105 Å². The Balaban J connectivity index is 1.27. The molecule has 0 saturated heterocycles. The average molecular weight is 473 g/mol. The molecule has 7 heteroatoms. The van der Waals surface area contributed by atoms with Gasteiger partial charge >= 0.3 is 12.1 Å². The summed E-state index contributed by atoms with van der Waals surface area (Å²) in [4.78, 5) is 35.7. The molecule has 0 spiro atoms. The van der Waals surface area contributed by atoms with Crippen LogP contribution in [0.15, 0.2) is 72.8 Å². The summed E-state index contributed by atoms with van der Waals surface area (Å²) in [6.07, 6.45) is -0.155. The van der Waals surface area contributed by atoms with Crippen molar-refractivity contribution < 1.29 is 24.2 Å². The zero-order valence-electron chi connectivity index (χ0n) is 19.5. The van der Waals surface area contributed by atoms with Crippen molar-refractivity contribution in [3.8, 4) is 11.1 Å². The van der Waals surface area contributed by atoms with Gasteiger partial charge in [-0.1, -0.05) is 67.6 Å². The number of hydrogen-bond donors (Lipinski definition) is 3. The Hall–Kier alpha value is -4.13. The van der Waals surface area contributed by atoms with Crippen molar-refractivity contribution in [1.29, 1.82) is 0 Å². The normalized spacial score (nSPS) is 12.8. The van der Waals surface area contributed by atoms with E-state index in [0.717, 1.165) is 27.8 Å². The smallest absolute Gasteiger partial charge is 0.407 e. The van der Waals surface area contributed by atoms with Crippen molar-refractivity contribution >= 4 is 23.7 Å². The first-order valence-corrected chi connectivity index (χ1v) is 11.6. The molecule has 0 heterocycles. The number of carbonyl (C=O) groups excluding carboxylic acids is 2. The third-order valence-electron chi connectivity index (χ3n) is 6.17. The first-order chi connectivity index (χ1) is 16.9. The van der Waals surface area contributed by atoms with Crippen LogP contribution in [0.2, 0.25) is 0 Å². The highest BCUT2D eigenvalue weighted by Gasteiger charge is 2.29. The van der Waals surface area contributed by atoms with E-state index in [1.807, 2.05) is 30.3 Å². The molecule has 0 fully saturated rings. The van der Waals surface area contributed by atoms with Crippen molar-refractivity contribution in [2.24, 2.45) is 5.92 Å². The average Bonchev–Trinajstić information content (AvgIpc) is 3.18. The van der Waals surface area contributed by atoms with E-state index in [-0.39, 0.29) is 31.4 Å². The maximum absolute atomic E-state index is 12.5. The molecule has 1 atom stereocenters. The van der Waals surface area contributed by atoms with Crippen LogP contribution in [-0.4, -0.2) is 36.2 Å². The van der Waals surface area contributed by atoms with Crippen molar-refractivity contribution in [2.45, 2.75) is 25.7 Å². The molecule has 7 nitrogen and oxygen atoms in total. The first kappa shape index (κ1) is 24.0. The summed E-state index contributed by atoms with van der Waals surface area (Å²) in [5.74, 6) is -1.63. The van der Waals surface area contributed by atoms with Gasteiger partial charge in [-0.3, -0.25) is 9.59 Å². The predicted molar refractivity (Wildman–Crippen MR) is 133 cm³/mol. The van der Waals surface area contributed by atoms with Crippen LogP contribution < -0.4 is 10.6 Å². The van der Waals surface area contributed by atoms with Gasteiger partial charge in [-0.2, -0.15) is 0 Å². The third-order valence-corrected chi connectivity index (χ3v) is 6.17. The van der Waals surface area contributed by atoms with Gasteiger partial charge in [0, 0.05) is 24.6 Å². The van der Waals surface area contributed by atoms with E-state index in [1.165, 1.54) is 0 Å². The summed E-state index contributed by atoms with van der Waals surface area (Å²) >= 11 is 0. The van der Waals surface area contributed by atoms with E-state index >= 15 is 0 Å². The lowest BCUT2D eigenvalue weighted by atomic mass is 9.98. The number of aliphatic carboxylic acids is 1. The number of hydrogen-bond acceptors (Lipinski definition) is 4. The first-order valence-electron chi connectivity index (χ1n) is 11.6. The van der Waals surface area contributed by atoms with E-state index in [0.29, 0.717) is 12.1 Å². The lowest BCUT2D eigenvalue weighted by Crippen LogP contribution is -2.35. The molecule has 4 rings (SSSR count). The zero-order chi connectivity index (χ0) is 24.8. The van der Waals surface area contributed by atoms with E-state index < -0.39 is 18.0 Å². The van der Waals surface area contributed by atoms with Crippen molar-refractivity contribution in [3.05, 3.63) is 89.5 Å². The molecule has 0 radical (unpaired) electrons. The van der Waals surface area contributed by atoms with Gasteiger partial charge in [0.1, 0.15) is 6.61 Å². The highest BCUT2D eigenvalue weighted by Crippen LogP contribution is 2.44. The molecule has 3 aromatic carbocycles. The van der Waals surface area contributed by atoms with Gasteiger partial charge < -0.3 is 20.5 Å². The fourth-order valence-corrected chi connectivity index (χ4v) is 4.30. The second-order valence-electron chi connectivity index (χ2n) is 8.69. The Morgan fingerprint density at radius 3 is 2.26 bits per heavy atom. The van der Waals surface area contributed by atoms with Gasteiger partial charge in [0.15, 0.2) is 0 Å². The molecular weight excluding hydrogens is 444 g/mol. The maximum atomic E-state index is 12.5. The summed E-state index contributed by atoms with van der Waals surface area (Å²) in [6.45, 7) is 2.05. The molecule has 1 aliphatic rings. The second kappa shape index (κ2) is 10.9. The zero-order valence-corrected chi connectivity index (χ0v) is 19.5. The van der Waals surface area contributed by atoms with Gasteiger partial charge in [0.2, 0.25) is 5.91 Å². The van der Waals surface area contributed by atoms with Crippen LogP contribution in [0.25, 0.3) is 11.1 Å². The van der Waals surface area contributed by atoms with Crippen molar-refractivity contribution in [3.63, 3.8) is 0 Å². The third kappa shape index (κ3) is 5.87. The number of anilines is 1. The molecule has 180 valence electrons. The molecule has 0 saturated carbocycles. The van der Waals surface area contributed by atoms with Gasteiger partial charge in [0.25, 0.3) is 0 Å². The van der Waals surface area contributed by atoms with Gasteiger partial charge in [0.05, 0.1) is 5.92 Å². The number of rotatable bonds is 9. The number of carboxylic acid groups (broad SMARTS) is 1. The van der Waals surface area contributed by atoms with E-state index in [1.54, 1.807) is 25.1 Å². The lowest BCUT2D eigenvalue weighted by Gasteiger charge is -2.16. The number of aryl methyl sites for hydroxylation is 1. The second-order valence-corrected chi connectivity index (χ2v) is 8.69. The van der Waals surface area contributed by atoms with Crippen molar-refractivity contribution in [2.75, 3.05) is 18.5 Å². The quantitative estimate of drug-likeness (QED) is 0.414.